The Morgan fingerprint density at radius 3 is 2.77 bits per heavy atom. The van der Waals surface area contributed by atoms with Gasteiger partial charge in [-0.1, -0.05) is 6.07 Å². The zero-order chi connectivity index (χ0) is 9.10. The second-order valence-electron chi connectivity index (χ2n) is 2.70. The van der Waals surface area contributed by atoms with Crippen molar-refractivity contribution in [3.63, 3.8) is 0 Å². The predicted octanol–water partition coefficient (Wildman–Crippen LogP) is 2.44. The van der Waals surface area contributed by atoms with Gasteiger partial charge in [0.05, 0.1) is 6.26 Å². The van der Waals surface area contributed by atoms with Gasteiger partial charge >= 0.3 is 0 Å². The third kappa shape index (κ3) is 1.54. The zero-order valence-electron chi connectivity index (χ0n) is 7.34. The number of aromatic nitrogens is 1. The topological polar surface area (TPSA) is 29.3 Å². The molecule has 0 aliphatic carbocycles. The molecule has 13 heavy (non-hydrogen) atoms. The minimum atomic E-state index is 0.790. The highest BCUT2D eigenvalue weighted by atomic mass is 16.3. The normalized spacial score (nSPS) is 9.92. The molecule has 2 heterocycles. The maximum Gasteiger partial charge on any atom is 0.200 e. The van der Waals surface area contributed by atoms with E-state index in [4.69, 9.17) is 4.42 Å². The molecule has 0 aliphatic heterocycles. The summed E-state index contributed by atoms with van der Waals surface area (Å²) >= 11 is 0. The Bertz CT molecular complexity index is 356. The lowest BCUT2D eigenvalue weighted by molar-refractivity contribution is 0.569. The van der Waals surface area contributed by atoms with Gasteiger partial charge in [0.25, 0.3) is 0 Å². The van der Waals surface area contributed by atoms with Gasteiger partial charge < -0.3 is 4.42 Å². The van der Waals surface area contributed by atoms with E-state index in [1.165, 1.54) is 0 Å². The van der Waals surface area contributed by atoms with E-state index in [0.717, 1.165) is 11.7 Å². The summed E-state index contributed by atoms with van der Waals surface area (Å²) in [5.41, 5.74) is 0. The molecule has 2 aromatic heterocycles. The van der Waals surface area contributed by atoms with Crippen LogP contribution < -0.4 is 4.90 Å². The highest BCUT2D eigenvalue weighted by Crippen LogP contribution is 2.20. The summed E-state index contributed by atoms with van der Waals surface area (Å²) in [6.45, 7) is 0. The van der Waals surface area contributed by atoms with Gasteiger partial charge in [-0.3, -0.25) is 4.90 Å². The first kappa shape index (κ1) is 7.86. The molecule has 0 saturated heterocycles. The fraction of sp³-hybridized carbons (Fsp3) is 0.100. The highest BCUT2D eigenvalue weighted by Gasteiger charge is 2.05. The van der Waals surface area contributed by atoms with Crippen molar-refractivity contribution in [2.24, 2.45) is 0 Å². The van der Waals surface area contributed by atoms with Gasteiger partial charge in [0, 0.05) is 19.3 Å². The standard InChI is InChI=1S/C10H10N2O/c1-12(10-6-4-8-13-10)9-5-2-3-7-11-9/h2-8H,1H3. The molecule has 0 radical (unpaired) electrons. The molecule has 2 rings (SSSR count). The van der Waals surface area contributed by atoms with Crippen LogP contribution in [0.25, 0.3) is 0 Å². The average molecular weight is 174 g/mol. The second kappa shape index (κ2) is 3.31. The van der Waals surface area contributed by atoms with E-state index in [1.54, 1.807) is 12.5 Å². The molecule has 0 saturated carbocycles. The van der Waals surface area contributed by atoms with Gasteiger partial charge in [0.2, 0.25) is 5.88 Å². The van der Waals surface area contributed by atoms with Crippen LogP contribution in [0.2, 0.25) is 0 Å². The molecule has 0 unspecified atom stereocenters. The Hall–Kier alpha value is -1.77. The third-order valence-electron chi connectivity index (χ3n) is 1.83. The summed E-state index contributed by atoms with van der Waals surface area (Å²) in [4.78, 5) is 6.09. The highest BCUT2D eigenvalue weighted by molar-refractivity contribution is 5.52. The maximum absolute atomic E-state index is 5.24. The van der Waals surface area contributed by atoms with Crippen LogP contribution in [0.5, 0.6) is 0 Å². The number of furan rings is 1. The quantitative estimate of drug-likeness (QED) is 0.700. The van der Waals surface area contributed by atoms with Crippen LogP contribution in [0, 0.1) is 0 Å². The molecule has 0 N–H and O–H groups in total. The van der Waals surface area contributed by atoms with Crippen LogP contribution in [-0.2, 0) is 0 Å². The Morgan fingerprint density at radius 1 is 1.23 bits per heavy atom. The van der Waals surface area contributed by atoms with Crippen molar-refractivity contribution in [2.45, 2.75) is 0 Å². The number of pyridine rings is 1. The SMILES string of the molecule is CN(c1ccccn1)c1ccco1. The Labute approximate surface area is 76.6 Å². The molecular weight excluding hydrogens is 164 g/mol. The third-order valence-corrected chi connectivity index (χ3v) is 1.83. The van der Waals surface area contributed by atoms with E-state index in [0.29, 0.717) is 0 Å². The van der Waals surface area contributed by atoms with Crippen LogP contribution in [0.3, 0.4) is 0 Å². The first-order chi connectivity index (χ1) is 6.38. The Morgan fingerprint density at radius 2 is 2.15 bits per heavy atom. The molecule has 3 nitrogen and oxygen atoms in total. The molecule has 66 valence electrons. The Kier molecular flexibility index (Phi) is 2.00. The number of hydrogen-bond donors (Lipinski definition) is 0. The molecule has 0 bridgehead atoms. The fourth-order valence-corrected chi connectivity index (χ4v) is 1.13. The monoisotopic (exact) mass is 174 g/mol. The molecule has 0 spiro atoms. The molecule has 2 aromatic rings. The van der Waals surface area contributed by atoms with Crippen molar-refractivity contribution in [3.8, 4) is 0 Å². The van der Waals surface area contributed by atoms with Crippen molar-refractivity contribution in [1.29, 1.82) is 0 Å². The minimum absolute atomic E-state index is 0.790. The molecule has 0 aromatic carbocycles. The molecule has 3 heteroatoms. The molecule has 0 aliphatic rings. The van der Waals surface area contributed by atoms with Crippen molar-refractivity contribution in [3.05, 3.63) is 42.8 Å². The summed E-state index contributed by atoms with van der Waals surface area (Å²) in [5.74, 6) is 1.66. The van der Waals surface area contributed by atoms with Gasteiger partial charge in [-0.05, 0) is 18.2 Å². The van der Waals surface area contributed by atoms with Crippen molar-refractivity contribution in [2.75, 3.05) is 11.9 Å². The first-order valence-corrected chi connectivity index (χ1v) is 4.06. The lowest BCUT2D eigenvalue weighted by atomic mass is 10.4. The number of nitrogens with zero attached hydrogens (tertiary/aromatic N) is 2. The average Bonchev–Trinajstić information content (AvgIpc) is 2.71. The van der Waals surface area contributed by atoms with E-state index in [-0.39, 0.29) is 0 Å². The maximum atomic E-state index is 5.24. The lowest BCUT2D eigenvalue weighted by Gasteiger charge is -2.13. The van der Waals surface area contributed by atoms with Crippen LogP contribution in [0.15, 0.2) is 47.2 Å². The van der Waals surface area contributed by atoms with E-state index >= 15 is 0 Å². The smallest absolute Gasteiger partial charge is 0.200 e. The fourth-order valence-electron chi connectivity index (χ4n) is 1.13. The molecular formula is C10H10N2O. The van der Waals surface area contributed by atoms with Crippen LogP contribution in [0.4, 0.5) is 11.7 Å². The van der Waals surface area contributed by atoms with E-state index in [2.05, 4.69) is 4.98 Å². The van der Waals surface area contributed by atoms with Gasteiger partial charge in [0.15, 0.2) is 0 Å². The summed E-state index contributed by atoms with van der Waals surface area (Å²) in [6.07, 6.45) is 3.41. The van der Waals surface area contributed by atoms with Gasteiger partial charge in [-0.2, -0.15) is 0 Å². The van der Waals surface area contributed by atoms with Crippen LogP contribution in [0.1, 0.15) is 0 Å². The predicted molar refractivity (Wildman–Crippen MR) is 51.0 cm³/mol. The van der Waals surface area contributed by atoms with E-state index < -0.39 is 0 Å². The summed E-state index contributed by atoms with van der Waals surface area (Å²) < 4.78 is 5.24. The summed E-state index contributed by atoms with van der Waals surface area (Å²) in [5, 5.41) is 0. The van der Waals surface area contributed by atoms with Crippen molar-refractivity contribution in [1.82, 2.24) is 4.98 Å². The van der Waals surface area contributed by atoms with E-state index in [1.807, 2.05) is 42.3 Å². The molecule has 0 amide bonds. The van der Waals surface area contributed by atoms with Crippen LogP contribution in [-0.4, -0.2) is 12.0 Å². The first-order valence-electron chi connectivity index (χ1n) is 4.06. The Balaban J connectivity index is 2.29. The van der Waals surface area contributed by atoms with Gasteiger partial charge in [-0.25, -0.2) is 4.98 Å². The zero-order valence-corrected chi connectivity index (χ0v) is 7.34. The van der Waals surface area contributed by atoms with E-state index in [9.17, 15) is 0 Å². The van der Waals surface area contributed by atoms with Crippen molar-refractivity contribution >= 4 is 11.7 Å². The molecule has 0 fully saturated rings. The van der Waals surface area contributed by atoms with Crippen molar-refractivity contribution < 1.29 is 4.42 Å². The minimum Gasteiger partial charge on any atom is -0.448 e. The number of rotatable bonds is 2. The molecule has 0 atom stereocenters. The number of hydrogen-bond acceptors (Lipinski definition) is 3. The summed E-state index contributed by atoms with van der Waals surface area (Å²) in [7, 11) is 1.92. The van der Waals surface area contributed by atoms with Gasteiger partial charge in [-0.15, -0.1) is 0 Å². The number of anilines is 2. The lowest BCUT2D eigenvalue weighted by Crippen LogP contribution is -2.09. The largest absolute Gasteiger partial charge is 0.448 e. The second-order valence-corrected chi connectivity index (χ2v) is 2.70. The summed E-state index contributed by atoms with van der Waals surface area (Å²) in [6, 6.07) is 9.52. The van der Waals surface area contributed by atoms with Crippen LogP contribution >= 0.6 is 0 Å². The van der Waals surface area contributed by atoms with Gasteiger partial charge in [0.1, 0.15) is 5.82 Å².